The molecule has 2 aliphatic heterocycles. The Kier molecular flexibility index (Phi) is 9.61. The minimum absolute atomic E-state index is 0. The summed E-state index contributed by atoms with van der Waals surface area (Å²) >= 11 is 0. The molecule has 7 rings (SSSR count). The van der Waals surface area contributed by atoms with E-state index in [0.717, 1.165) is 28.7 Å². The highest BCUT2D eigenvalue weighted by Gasteiger charge is 2.44. The summed E-state index contributed by atoms with van der Waals surface area (Å²) in [5.74, 6) is -0.191. The predicted octanol–water partition coefficient (Wildman–Crippen LogP) is 3.72. The van der Waals surface area contributed by atoms with Gasteiger partial charge < -0.3 is 33.9 Å². The van der Waals surface area contributed by atoms with Crippen molar-refractivity contribution < 1.29 is 43.5 Å². The van der Waals surface area contributed by atoms with Gasteiger partial charge in [0, 0.05) is 19.1 Å². The molecule has 0 saturated carbocycles. The number of hydrogen-bond donors (Lipinski definition) is 1. The number of aromatic amines is 1. The van der Waals surface area contributed by atoms with Crippen LogP contribution in [-0.4, -0.2) is 92.2 Å². The lowest BCUT2D eigenvalue weighted by molar-refractivity contribution is -0.0981. The summed E-state index contributed by atoms with van der Waals surface area (Å²) in [6.45, 7) is 4.82. The van der Waals surface area contributed by atoms with Gasteiger partial charge in [-0.25, -0.2) is 9.59 Å². The predicted molar refractivity (Wildman–Crippen MR) is 169 cm³/mol. The molecule has 250 valence electrons. The van der Waals surface area contributed by atoms with Crippen LogP contribution in [0.3, 0.4) is 0 Å². The van der Waals surface area contributed by atoms with Crippen molar-refractivity contribution >= 4 is 23.2 Å². The summed E-state index contributed by atoms with van der Waals surface area (Å²) in [6.07, 6.45) is -2.43. The molecule has 0 amide bonds. The van der Waals surface area contributed by atoms with Crippen LogP contribution < -0.4 is 4.74 Å². The molecule has 0 aliphatic carbocycles. The molecule has 2 aliphatic rings. The summed E-state index contributed by atoms with van der Waals surface area (Å²) < 4.78 is 35.1. The van der Waals surface area contributed by atoms with Crippen molar-refractivity contribution in [1.82, 2.24) is 30.2 Å². The maximum absolute atomic E-state index is 13.5. The van der Waals surface area contributed by atoms with Crippen molar-refractivity contribution in [3.05, 3.63) is 77.9 Å². The van der Waals surface area contributed by atoms with Gasteiger partial charge in [-0.3, -0.25) is 4.57 Å². The average Bonchev–Trinajstić information content (AvgIpc) is 3.89. The number of rotatable bonds is 10. The number of aromatic nitrogens is 6. The quantitative estimate of drug-likeness (QED) is 0.169. The molecule has 2 saturated heterocycles. The van der Waals surface area contributed by atoms with E-state index in [0.29, 0.717) is 42.6 Å². The number of benzene rings is 3. The van der Waals surface area contributed by atoms with Crippen LogP contribution in [0.5, 0.6) is 6.01 Å². The third-order valence-corrected chi connectivity index (χ3v) is 8.05. The number of fused-ring (bicyclic) bond motifs is 2. The van der Waals surface area contributed by atoms with Crippen LogP contribution in [-0.2, 0) is 30.2 Å². The molecular formula is C33H34N6O9. The van der Waals surface area contributed by atoms with E-state index >= 15 is 0 Å². The molecule has 0 spiro atoms. The Hall–Kier alpha value is -5.38. The Balaban J connectivity index is 0.00000401. The molecule has 0 bridgehead atoms. The van der Waals surface area contributed by atoms with Crippen LogP contribution >= 0.6 is 0 Å². The van der Waals surface area contributed by atoms with Crippen molar-refractivity contribution in [2.75, 3.05) is 19.8 Å². The van der Waals surface area contributed by atoms with E-state index in [1.54, 1.807) is 18.2 Å². The molecule has 3 aromatic carbocycles. The molecule has 15 heteroatoms. The molecule has 4 heterocycles. The third kappa shape index (κ3) is 6.56. The summed E-state index contributed by atoms with van der Waals surface area (Å²) in [4.78, 5) is 30.6. The lowest BCUT2D eigenvalue weighted by Crippen LogP contribution is -2.33. The monoisotopic (exact) mass is 658 g/mol. The van der Waals surface area contributed by atoms with Crippen molar-refractivity contribution in [3.8, 4) is 28.5 Å². The van der Waals surface area contributed by atoms with E-state index in [2.05, 4.69) is 25.6 Å². The number of H-pyrrole nitrogens is 1. The van der Waals surface area contributed by atoms with Gasteiger partial charge in [0.15, 0.2) is 6.10 Å². The fourth-order valence-electron chi connectivity index (χ4n) is 5.95. The topological polar surface area (TPSA) is 193 Å². The Morgan fingerprint density at radius 1 is 1.02 bits per heavy atom. The summed E-state index contributed by atoms with van der Waals surface area (Å²) in [5, 5.41) is 14.5. The number of tetrazole rings is 1. The van der Waals surface area contributed by atoms with Gasteiger partial charge >= 0.3 is 12.1 Å². The molecular weight excluding hydrogens is 624 g/mol. The summed E-state index contributed by atoms with van der Waals surface area (Å²) in [6, 6.07) is 21.3. The molecule has 48 heavy (non-hydrogen) atoms. The number of para-hydroxylation sites is 1. The number of carbonyl (C=O) groups excluding carboxylic acids is 2. The van der Waals surface area contributed by atoms with E-state index < -0.39 is 24.5 Å². The van der Waals surface area contributed by atoms with E-state index in [1.807, 2.05) is 60.0 Å². The van der Waals surface area contributed by atoms with Crippen LogP contribution in [0.15, 0.2) is 66.7 Å². The van der Waals surface area contributed by atoms with Gasteiger partial charge in [-0.1, -0.05) is 54.6 Å². The zero-order chi connectivity index (χ0) is 32.3. The second-order valence-electron chi connectivity index (χ2n) is 11.1. The third-order valence-electron chi connectivity index (χ3n) is 8.05. The Bertz CT molecular complexity index is 1880. The van der Waals surface area contributed by atoms with Crippen LogP contribution in [0.1, 0.15) is 36.2 Å². The zero-order valence-corrected chi connectivity index (χ0v) is 26.2. The lowest BCUT2D eigenvalue weighted by atomic mass is 9.98. The number of esters is 1. The van der Waals surface area contributed by atoms with Gasteiger partial charge in [0.2, 0.25) is 12.1 Å². The standard InChI is InChI=1S/C33H32N6O8.H2O/c1-3-42-32-34-25-10-6-9-24(31(40)45-19(2)46-33(41)47-27-18-44-26-15-16-43-29(26)27)28(25)39(32)17-20-11-13-21(14-12-20)22-7-4-5-8-23(22)30-35-37-38-36-30;/h4-14,19,26-27,29H,3,15-18H2,1-2H3,(H,35,36,37,38);1H2/t19?,26-,27+,29+;/m1./s1. The highest BCUT2D eigenvalue weighted by atomic mass is 16.8. The van der Waals surface area contributed by atoms with Crippen LogP contribution in [0.4, 0.5) is 4.79 Å². The number of carbonyl (C=O) groups is 2. The van der Waals surface area contributed by atoms with Gasteiger partial charge in [0.25, 0.3) is 6.01 Å². The fourth-order valence-corrected chi connectivity index (χ4v) is 5.95. The number of nitrogens with zero attached hydrogens (tertiary/aromatic N) is 5. The molecule has 5 aromatic rings. The van der Waals surface area contributed by atoms with E-state index in [9.17, 15) is 9.59 Å². The van der Waals surface area contributed by atoms with Gasteiger partial charge in [0.05, 0.1) is 42.5 Å². The second-order valence-corrected chi connectivity index (χ2v) is 11.1. The van der Waals surface area contributed by atoms with Gasteiger partial charge in [-0.05, 0) is 47.4 Å². The smallest absolute Gasteiger partial charge is 0.465 e. The van der Waals surface area contributed by atoms with Crippen molar-refractivity contribution in [2.24, 2.45) is 0 Å². The van der Waals surface area contributed by atoms with E-state index in [-0.39, 0.29) is 29.9 Å². The molecule has 2 fully saturated rings. The minimum Gasteiger partial charge on any atom is -0.465 e. The normalized spacial score (nSPS) is 18.9. The zero-order valence-electron chi connectivity index (χ0n) is 26.2. The van der Waals surface area contributed by atoms with E-state index in [1.165, 1.54) is 6.92 Å². The molecule has 0 radical (unpaired) electrons. The Labute approximate surface area is 274 Å². The fraction of sp³-hybridized carbons (Fsp3) is 0.333. The Morgan fingerprint density at radius 3 is 2.60 bits per heavy atom. The lowest BCUT2D eigenvalue weighted by Gasteiger charge is -2.19. The maximum Gasteiger partial charge on any atom is 0.511 e. The van der Waals surface area contributed by atoms with Crippen LogP contribution in [0, 0.1) is 0 Å². The first-order valence-electron chi connectivity index (χ1n) is 15.3. The minimum atomic E-state index is -1.22. The largest absolute Gasteiger partial charge is 0.511 e. The SMILES string of the molecule is CCOc1nc2cccc(C(=O)OC(C)OC(=O)O[C@H]3CO[C@@H]4CCO[C@H]34)c2n1Cc1ccc(-c2ccccc2-c2nn[nH]n2)cc1.O. The number of imidazole rings is 1. The van der Waals surface area contributed by atoms with Crippen LogP contribution in [0.2, 0.25) is 0 Å². The number of hydrogen-bond acceptors (Lipinski definition) is 12. The van der Waals surface area contributed by atoms with Crippen molar-refractivity contribution in [3.63, 3.8) is 0 Å². The summed E-state index contributed by atoms with van der Waals surface area (Å²) in [7, 11) is 0. The van der Waals surface area contributed by atoms with E-state index in [4.69, 9.17) is 28.4 Å². The Morgan fingerprint density at radius 2 is 1.83 bits per heavy atom. The van der Waals surface area contributed by atoms with Gasteiger partial charge in [-0.15, -0.1) is 10.2 Å². The van der Waals surface area contributed by atoms with Gasteiger partial charge in [0.1, 0.15) is 6.10 Å². The average molecular weight is 659 g/mol. The summed E-state index contributed by atoms with van der Waals surface area (Å²) in [5.41, 5.74) is 5.04. The first-order chi connectivity index (χ1) is 23.0. The molecule has 2 aromatic heterocycles. The van der Waals surface area contributed by atoms with Gasteiger partial charge in [-0.2, -0.15) is 10.2 Å². The highest BCUT2D eigenvalue weighted by Crippen LogP contribution is 2.32. The number of nitrogens with one attached hydrogen (secondary N) is 1. The molecule has 15 nitrogen and oxygen atoms in total. The molecule has 4 atom stereocenters. The second kappa shape index (κ2) is 14.2. The van der Waals surface area contributed by atoms with Crippen molar-refractivity contribution in [2.45, 2.75) is 51.4 Å². The maximum atomic E-state index is 13.5. The first kappa shape index (κ1) is 32.6. The molecule has 3 N–H and O–H groups in total. The van der Waals surface area contributed by atoms with Crippen molar-refractivity contribution in [1.29, 1.82) is 0 Å². The highest BCUT2D eigenvalue weighted by molar-refractivity contribution is 6.02. The number of ether oxygens (including phenoxy) is 6. The molecule has 1 unspecified atom stereocenters. The van der Waals surface area contributed by atoms with Crippen LogP contribution in [0.25, 0.3) is 33.5 Å². The first-order valence-corrected chi connectivity index (χ1v) is 15.3.